The molecule has 0 fully saturated rings. The fraction of sp³-hybridized carbons (Fsp3) is 0.174. The van der Waals surface area contributed by atoms with Crippen LogP contribution in [-0.2, 0) is 10.0 Å². The summed E-state index contributed by atoms with van der Waals surface area (Å²) in [5.41, 5.74) is 3.53. The second-order valence-electron chi connectivity index (χ2n) is 7.00. The third-order valence-electron chi connectivity index (χ3n) is 4.80. The number of sulfonamides is 1. The summed E-state index contributed by atoms with van der Waals surface area (Å²) in [5.74, 6) is -0.253. The van der Waals surface area contributed by atoms with E-state index in [9.17, 15) is 13.2 Å². The molecule has 3 aromatic rings. The Kier molecular flexibility index (Phi) is 6.03. The van der Waals surface area contributed by atoms with Crippen molar-refractivity contribution in [2.24, 2.45) is 0 Å². The maximum atomic E-state index is 12.8. The second kappa shape index (κ2) is 8.49. The van der Waals surface area contributed by atoms with Gasteiger partial charge < -0.3 is 5.32 Å². The molecule has 0 saturated heterocycles. The van der Waals surface area contributed by atoms with Gasteiger partial charge in [-0.1, -0.05) is 54.1 Å². The van der Waals surface area contributed by atoms with Gasteiger partial charge in [0.05, 0.1) is 16.6 Å². The quantitative estimate of drug-likeness (QED) is 0.626. The molecule has 0 heterocycles. The number of hydrogen-bond donors (Lipinski definition) is 2. The molecule has 2 N–H and O–H groups in total. The summed E-state index contributed by atoms with van der Waals surface area (Å²) in [6.45, 7) is 5.66. The van der Waals surface area contributed by atoms with Gasteiger partial charge in [-0.2, -0.15) is 0 Å². The minimum atomic E-state index is -3.73. The average Bonchev–Trinajstić information content (AvgIpc) is 2.70. The van der Waals surface area contributed by atoms with Gasteiger partial charge in [-0.3, -0.25) is 9.52 Å². The molecule has 150 valence electrons. The fourth-order valence-electron chi connectivity index (χ4n) is 3.01. The van der Waals surface area contributed by atoms with Gasteiger partial charge in [0, 0.05) is 5.56 Å². The lowest BCUT2D eigenvalue weighted by Crippen LogP contribution is -2.27. The van der Waals surface area contributed by atoms with Crippen LogP contribution in [0.2, 0.25) is 0 Å². The molecule has 0 aliphatic heterocycles. The highest BCUT2D eigenvalue weighted by atomic mass is 32.2. The second-order valence-corrected chi connectivity index (χ2v) is 8.68. The Morgan fingerprint density at radius 1 is 0.862 bits per heavy atom. The molecule has 0 radical (unpaired) electrons. The van der Waals surface area contributed by atoms with E-state index in [1.54, 1.807) is 43.3 Å². The van der Waals surface area contributed by atoms with Gasteiger partial charge in [0.1, 0.15) is 0 Å². The molecule has 1 atom stereocenters. The number of nitrogens with one attached hydrogen (secondary N) is 2. The van der Waals surface area contributed by atoms with Gasteiger partial charge in [0.2, 0.25) is 0 Å². The van der Waals surface area contributed by atoms with Crippen LogP contribution in [0.1, 0.15) is 40.0 Å². The molecule has 0 aliphatic rings. The molecular formula is C23H24N2O3S. The first kappa shape index (κ1) is 20.6. The lowest BCUT2D eigenvalue weighted by Gasteiger charge is -2.17. The molecule has 3 rings (SSSR count). The van der Waals surface area contributed by atoms with Crippen LogP contribution in [0.15, 0.2) is 77.7 Å². The van der Waals surface area contributed by atoms with E-state index >= 15 is 0 Å². The highest BCUT2D eigenvalue weighted by Gasteiger charge is 2.19. The minimum Gasteiger partial charge on any atom is -0.346 e. The summed E-state index contributed by atoms with van der Waals surface area (Å²) in [6, 6.07) is 20.9. The van der Waals surface area contributed by atoms with E-state index in [-0.39, 0.29) is 16.8 Å². The van der Waals surface area contributed by atoms with Gasteiger partial charge in [-0.05, 0) is 56.2 Å². The summed E-state index contributed by atoms with van der Waals surface area (Å²) in [4.78, 5) is 13.0. The zero-order valence-corrected chi connectivity index (χ0v) is 17.5. The Bertz CT molecular complexity index is 1110. The molecule has 1 amide bonds. The number of anilines is 1. The SMILES string of the molecule is Cc1ccc([C@@H](C)NC(=O)c2cccc(NS(=O)(=O)c3ccccc3)c2C)cc1. The van der Waals surface area contributed by atoms with E-state index in [1.807, 2.05) is 38.1 Å². The molecule has 0 saturated carbocycles. The molecule has 0 aromatic heterocycles. The van der Waals surface area contributed by atoms with E-state index in [2.05, 4.69) is 10.0 Å². The molecule has 0 bridgehead atoms. The highest BCUT2D eigenvalue weighted by molar-refractivity contribution is 7.92. The number of benzene rings is 3. The van der Waals surface area contributed by atoms with E-state index in [1.165, 1.54) is 12.1 Å². The van der Waals surface area contributed by atoms with Crippen molar-refractivity contribution < 1.29 is 13.2 Å². The Balaban J connectivity index is 1.81. The van der Waals surface area contributed by atoms with Crippen molar-refractivity contribution in [1.29, 1.82) is 0 Å². The van der Waals surface area contributed by atoms with Crippen molar-refractivity contribution in [2.45, 2.75) is 31.7 Å². The van der Waals surface area contributed by atoms with Crippen molar-refractivity contribution in [3.63, 3.8) is 0 Å². The van der Waals surface area contributed by atoms with Crippen LogP contribution in [0.4, 0.5) is 5.69 Å². The molecule has 0 unspecified atom stereocenters. The maximum absolute atomic E-state index is 12.8. The van der Waals surface area contributed by atoms with Crippen molar-refractivity contribution >= 4 is 21.6 Å². The predicted octanol–water partition coefficient (Wildman–Crippen LogP) is 4.60. The number of rotatable bonds is 6. The third-order valence-corrected chi connectivity index (χ3v) is 6.18. The van der Waals surface area contributed by atoms with Crippen molar-refractivity contribution in [1.82, 2.24) is 5.32 Å². The molecule has 29 heavy (non-hydrogen) atoms. The molecule has 3 aromatic carbocycles. The zero-order chi connectivity index (χ0) is 21.0. The fourth-order valence-corrected chi connectivity index (χ4v) is 4.15. The van der Waals surface area contributed by atoms with E-state index in [4.69, 9.17) is 0 Å². The smallest absolute Gasteiger partial charge is 0.261 e. The van der Waals surface area contributed by atoms with E-state index in [0.29, 0.717) is 16.8 Å². The van der Waals surface area contributed by atoms with Crippen LogP contribution < -0.4 is 10.0 Å². The number of aryl methyl sites for hydroxylation is 1. The summed E-state index contributed by atoms with van der Waals surface area (Å²) in [7, 11) is -3.73. The van der Waals surface area contributed by atoms with Gasteiger partial charge in [-0.15, -0.1) is 0 Å². The average molecular weight is 409 g/mol. The Labute approximate surface area is 171 Å². The topological polar surface area (TPSA) is 75.3 Å². The first-order valence-electron chi connectivity index (χ1n) is 9.33. The first-order valence-corrected chi connectivity index (χ1v) is 10.8. The summed E-state index contributed by atoms with van der Waals surface area (Å²) in [6.07, 6.45) is 0. The molecule has 0 spiro atoms. The molecule has 0 aliphatic carbocycles. The third kappa shape index (κ3) is 4.84. The van der Waals surface area contributed by atoms with Crippen molar-refractivity contribution in [2.75, 3.05) is 4.72 Å². The van der Waals surface area contributed by atoms with Crippen molar-refractivity contribution in [3.05, 3.63) is 95.1 Å². The van der Waals surface area contributed by atoms with Crippen LogP contribution in [0.3, 0.4) is 0 Å². The monoisotopic (exact) mass is 408 g/mol. The number of carbonyl (C=O) groups is 1. The molecular weight excluding hydrogens is 384 g/mol. The number of hydrogen-bond acceptors (Lipinski definition) is 3. The van der Waals surface area contributed by atoms with Gasteiger partial charge in [-0.25, -0.2) is 8.42 Å². The van der Waals surface area contributed by atoms with Crippen LogP contribution in [0.5, 0.6) is 0 Å². The standard InChI is InChI=1S/C23H24N2O3S/c1-16-12-14-19(15-13-16)18(3)24-23(26)21-10-7-11-22(17(21)2)25-29(27,28)20-8-5-4-6-9-20/h4-15,18,25H,1-3H3,(H,24,26)/t18-/m1/s1. The van der Waals surface area contributed by atoms with Crippen LogP contribution in [-0.4, -0.2) is 14.3 Å². The van der Waals surface area contributed by atoms with Gasteiger partial charge in [0.25, 0.3) is 15.9 Å². The van der Waals surface area contributed by atoms with Crippen molar-refractivity contribution in [3.8, 4) is 0 Å². The van der Waals surface area contributed by atoms with Gasteiger partial charge >= 0.3 is 0 Å². The van der Waals surface area contributed by atoms with E-state index < -0.39 is 10.0 Å². The highest BCUT2D eigenvalue weighted by Crippen LogP contribution is 2.23. The number of carbonyl (C=O) groups excluding carboxylic acids is 1. The Morgan fingerprint density at radius 2 is 1.52 bits per heavy atom. The minimum absolute atomic E-state index is 0.169. The van der Waals surface area contributed by atoms with Crippen LogP contribution in [0, 0.1) is 13.8 Å². The zero-order valence-electron chi connectivity index (χ0n) is 16.6. The predicted molar refractivity (Wildman–Crippen MR) is 115 cm³/mol. The lowest BCUT2D eigenvalue weighted by molar-refractivity contribution is 0.0939. The normalized spacial score (nSPS) is 12.2. The molecule has 6 heteroatoms. The summed E-state index contributed by atoms with van der Waals surface area (Å²) >= 11 is 0. The Hall–Kier alpha value is -3.12. The molecule has 5 nitrogen and oxygen atoms in total. The van der Waals surface area contributed by atoms with E-state index in [0.717, 1.165) is 11.1 Å². The maximum Gasteiger partial charge on any atom is 0.261 e. The Morgan fingerprint density at radius 3 is 2.17 bits per heavy atom. The first-order chi connectivity index (χ1) is 13.8. The van der Waals surface area contributed by atoms with Crippen LogP contribution >= 0.6 is 0 Å². The largest absolute Gasteiger partial charge is 0.346 e. The van der Waals surface area contributed by atoms with Gasteiger partial charge in [0.15, 0.2) is 0 Å². The summed E-state index contributed by atoms with van der Waals surface area (Å²) < 4.78 is 27.8. The lowest BCUT2D eigenvalue weighted by atomic mass is 10.0. The number of amides is 1. The summed E-state index contributed by atoms with van der Waals surface area (Å²) in [5, 5.41) is 2.98. The van der Waals surface area contributed by atoms with Crippen LogP contribution in [0.25, 0.3) is 0 Å².